The molecule has 13 heavy (non-hydrogen) atoms. The Kier molecular flexibility index (Phi) is 2.39. The molecule has 0 spiro atoms. The summed E-state index contributed by atoms with van der Waals surface area (Å²) in [5.74, 6) is 3.82. The van der Waals surface area contributed by atoms with Crippen molar-refractivity contribution in [2.24, 2.45) is 23.7 Å². The van der Waals surface area contributed by atoms with Crippen LogP contribution in [0.25, 0.3) is 0 Å². The van der Waals surface area contributed by atoms with Crippen molar-refractivity contribution in [2.75, 3.05) is 13.1 Å². The van der Waals surface area contributed by atoms with Crippen LogP contribution in [0.15, 0.2) is 0 Å². The van der Waals surface area contributed by atoms with Gasteiger partial charge in [0.05, 0.1) is 0 Å². The van der Waals surface area contributed by atoms with Crippen LogP contribution in [0.3, 0.4) is 0 Å². The smallest absolute Gasteiger partial charge is 0.0130 e. The molecule has 1 heterocycles. The molecule has 2 rings (SSSR count). The van der Waals surface area contributed by atoms with Gasteiger partial charge in [-0.2, -0.15) is 0 Å². The quantitative estimate of drug-likeness (QED) is 0.647. The molecule has 76 valence electrons. The standard InChI is InChI=1S/C12H23N/c1-8(2)10-6-13(7-10)12-5-11(12)9(3)4/h8-12H,5-7H2,1-4H3. The number of nitrogens with zero attached hydrogens (tertiary/aromatic N) is 1. The second-order valence-electron chi connectivity index (χ2n) is 5.67. The van der Waals surface area contributed by atoms with Crippen LogP contribution >= 0.6 is 0 Å². The zero-order valence-corrected chi connectivity index (χ0v) is 9.46. The summed E-state index contributed by atoms with van der Waals surface area (Å²) < 4.78 is 0. The number of likely N-dealkylation sites (tertiary alicyclic amines) is 1. The van der Waals surface area contributed by atoms with E-state index in [9.17, 15) is 0 Å². The molecule has 2 fully saturated rings. The highest BCUT2D eigenvalue weighted by Crippen LogP contribution is 2.44. The normalized spacial score (nSPS) is 35.5. The fourth-order valence-electron chi connectivity index (χ4n) is 2.58. The maximum atomic E-state index is 2.70. The van der Waals surface area contributed by atoms with Crippen molar-refractivity contribution >= 4 is 0 Å². The van der Waals surface area contributed by atoms with Crippen molar-refractivity contribution in [3.8, 4) is 0 Å². The maximum Gasteiger partial charge on any atom is 0.0130 e. The van der Waals surface area contributed by atoms with E-state index in [1.807, 2.05) is 0 Å². The molecule has 0 aromatic heterocycles. The molecule has 1 aliphatic heterocycles. The first-order valence-electron chi connectivity index (χ1n) is 5.83. The van der Waals surface area contributed by atoms with Crippen LogP contribution in [0.5, 0.6) is 0 Å². The van der Waals surface area contributed by atoms with Gasteiger partial charge in [0.15, 0.2) is 0 Å². The third kappa shape index (κ3) is 1.76. The second kappa shape index (κ2) is 3.27. The van der Waals surface area contributed by atoms with Gasteiger partial charge < -0.3 is 0 Å². The molecule has 2 atom stereocenters. The van der Waals surface area contributed by atoms with Crippen molar-refractivity contribution in [3.05, 3.63) is 0 Å². The molecule has 0 aromatic rings. The van der Waals surface area contributed by atoms with Crippen molar-refractivity contribution < 1.29 is 0 Å². The Labute approximate surface area is 82.5 Å². The van der Waals surface area contributed by atoms with Crippen LogP contribution in [-0.2, 0) is 0 Å². The predicted octanol–water partition coefficient (Wildman–Crippen LogP) is 2.62. The minimum atomic E-state index is 0.896. The molecule has 1 nitrogen and oxygen atoms in total. The van der Waals surface area contributed by atoms with E-state index in [4.69, 9.17) is 0 Å². The summed E-state index contributed by atoms with van der Waals surface area (Å²) in [6.45, 7) is 12.2. The lowest BCUT2D eigenvalue weighted by atomic mass is 9.88. The molecule has 0 bridgehead atoms. The van der Waals surface area contributed by atoms with Crippen LogP contribution in [0, 0.1) is 23.7 Å². The first-order chi connectivity index (χ1) is 6.09. The topological polar surface area (TPSA) is 3.24 Å². The lowest BCUT2D eigenvalue weighted by molar-refractivity contribution is 0.0537. The summed E-state index contributed by atoms with van der Waals surface area (Å²) in [5.41, 5.74) is 0. The van der Waals surface area contributed by atoms with Gasteiger partial charge >= 0.3 is 0 Å². The Morgan fingerprint density at radius 1 is 1.00 bits per heavy atom. The average Bonchev–Trinajstić information content (AvgIpc) is 2.62. The van der Waals surface area contributed by atoms with E-state index in [0.29, 0.717) is 0 Å². The van der Waals surface area contributed by atoms with Gasteiger partial charge in [0.25, 0.3) is 0 Å². The van der Waals surface area contributed by atoms with Gasteiger partial charge in [-0.1, -0.05) is 27.7 Å². The molecule has 0 amide bonds. The Balaban J connectivity index is 1.71. The lowest BCUT2D eigenvalue weighted by Gasteiger charge is -2.42. The summed E-state index contributed by atoms with van der Waals surface area (Å²) in [7, 11) is 0. The van der Waals surface area contributed by atoms with E-state index in [1.54, 1.807) is 0 Å². The Hall–Kier alpha value is -0.0400. The van der Waals surface area contributed by atoms with Gasteiger partial charge in [0.1, 0.15) is 0 Å². The molecule has 2 aliphatic rings. The Bertz CT molecular complexity index is 180. The maximum absolute atomic E-state index is 2.70. The van der Waals surface area contributed by atoms with Crippen LogP contribution < -0.4 is 0 Å². The van der Waals surface area contributed by atoms with E-state index in [0.717, 1.165) is 29.7 Å². The molecular weight excluding hydrogens is 158 g/mol. The van der Waals surface area contributed by atoms with Crippen LogP contribution in [0.4, 0.5) is 0 Å². The van der Waals surface area contributed by atoms with Crippen molar-refractivity contribution in [1.82, 2.24) is 4.90 Å². The first kappa shape index (κ1) is 9.51. The van der Waals surface area contributed by atoms with E-state index >= 15 is 0 Å². The molecular formula is C12H23N. The summed E-state index contributed by atoms with van der Waals surface area (Å²) >= 11 is 0. The van der Waals surface area contributed by atoms with Crippen LogP contribution in [0.2, 0.25) is 0 Å². The third-order valence-electron chi connectivity index (χ3n) is 4.01. The zero-order valence-electron chi connectivity index (χ0n) is 9.46. The van der Waals surface area contributed by atoms with Gasteiger partial charge in [0.2, 0.25) is 0 Å². The second-order valence-corrected chi connectivity index (χ2v) is 5.67. The minimum Gasteiger partial charge on any atom is -0.299 e. The van der Waals surface area contributed by atoms with Gasteiger partial charge in [0, 0.05) is 19.1 Å². The lowest BCUT2D eigenvalue weighted by Crippen LogP contribution is -2.50. The molecule has 0 N–H and O–H groups in total. The van der Waals surface area contributed by atoms with Gasteiger partial charge in [-0.15, -0.1) is 0 Å². The fraction of sp³-hybridized carbons (Fsp3) is 1.00. The zero-order chi connectivity index (χ0) is 9.59. The molecule has 1 heteroatoms. The summed E-state index contributed by atoms with van der Waals surface area (Å²) in [4.78, 5) is 2.70. The molecule has 2 unspecified atom stereocenters. The number of rotatable bonds is 3. The van der Waals surface area contributed by atoms with Gasteiger partial charge in [-0.3, -0.25) is 4.90 Å². The highest BCUT2D eigenvalue weighted by Gasteiger charge is 2.47. The third-order valence-corrected chi connectivity index (χ3v) is 4.01. The van der Waals surface area contributed by atoms with Crippen molar-refractivity contribution in [3.63, 3.8) is 0 Å². The van der Waals surface area contributed by atoms with Gasteiger partial charge in [-0.25, -0.2) is 0 Å². The molecule has 1 saturated carbocycles. The SMILES string of the molecule is CC(C)C1CN(C2CC2C(C)C)C1. The summed E-state index contributed by atoms with van der Waals surface area (Å²) in [6.07, 6.45) is 1.47. The monoisotopic (exact) mass is 181 g/mol. The summed E-state index contributed by atoms with van der Waals surface area (Å²) in [6, 6.07) is 0.968. The summed E-state index contributed by atoms with van der Waals surface area (Å²) in [5, 5.41) is 0. The highest BCUT2D eigenvalue weighted by atomic mass is 15.2. The Morgan fingerprint density at radius 3 is 2.00 bits per heavy atom. The van der Waals surface area contributed by atoms with Crippen molar-refractivity contribution in [2.45, 2.75) is 40.2 Å². The van der Waals surface area contributed by atoms with E-state index in [1.165, 1.54) is 19.5 Å². The van der Waals surface area contributed by atoms with E-state index in [2.05, 4.69) is 32.6 Å². The molecule has 0 radical (unpaired) electrons. The van der Waals surface area contributed by atoms with Crippen LogP contribution in [-0.4, -0.2) is 24.0 Å². The van der Waals surface area contributed by atoms with Crippen LogP contribution in [0.1, 0.15) is 34.1 Å². The van der Waals surface area contributed by atoms with E-state index < -0.39 is 0 Å². The first-order valence-corrected chi connectivity index (χ1v) is 5.83. The molecule has 1 saturated heterocycles. The number of hydrogen-bond donors (Lipinski definition) is 0. The molecule has 1 aliphatic carbocycles. The minimum absolute atomic E-state index is 0.896. The number of hydrogen-bond acceptors (Lipinski definition) is 1. The largest absolute Gasteiger partial charge is 0.299 e. The van der Waals surface area contributed by atoms with E-state index in [-0.39, 0.29) is 0 Å². The molecule has 0 aromatic carbocycles. The average molecular weight is 181 g/mol. The Morgan fingerprint density at radius 2 is 1.62 bits per heavy atom. The predicted molar refractivity (Wildman–Crippen MR) is 56.6 cm³/mol. The van der Waals surface area contributed by atoms with Crippen molar-refractivity contribution in [1.29, 1.82) is 0 Å². The fourth-order valence-corrected chi connectivity index (χ4v) is 2.58. The van der Waals surface area contributed by atoms with Gasteiger partial charge in [-0.05, 0) is 30.1 Å². The highest BCUT2D eigenvalue weighted by molar-refractivity contribution is 5.01.